The van der Waals surface area contributed by atoms with E-state index < -0.39 is 6.10 Å². The summed E-state index contributed by atoms with van der Waals surface area (Å²) in [6.07, 6.45) is 6.02. The van der Waals surface area contributed by atoms with Gasteiger partial charge < -0.3 is 15.2 Å². The zero-order chi connectivity index (χ0) is 14.4. The average molecular weight is 277 g/mol. The summed E-state index contributed by atoms with van der Waals surface area (Å²) in [5.74, 6) is 0.846. The van der Waals surface area contributed by atoms with Crippen molar-refractivity contribution in [1.82, 2.24) is 5.32 Å². The molecule has 0 aromatic heterocycles. The first kappa shape index (κ1) is 15.3. The Balaban J connectivity index is 1.70. The average Bonchev–Trinajstić information content (AvgIpc) is 2.43. The molecular formula is C17H27NO2. The summed E-state index contributed by atoms with van der Waals surface area (Å²) in [4.78, 5) is 0. The normalized spacial score (nSPS) is 17.9. The Bertz CT molecular complexity index is 393. The van der Waals surface area contributed by atoms with Crippen LogP contribution in [0.2, 0.25) is 0 Å². The second-order valence-electron chi connectivity index (χ2n) is 6.03. The predicted octanol–water partition coefficient (Wildman–Crippen LogP) is 2.97. The molecule has 0 amide bonds. The molecule has 0 heterocycles. The summed E-state index contributed by atoms with van der Waals surface area (Å²) in [5, 5.41) is 13.4. The van der Waals surface area contributed by atoms with E-state index in [1.54, 1.807) is 0 Å². The van der Waals surface area contributed by atoms with Crippen molar-refractivity contribution in [1.29, 1.82) is 0 Å². The molecule has 1 fully saturated rings. The second kappa shape index (κ2) is 7.65. The molecule has 0 aliphatic heterocycles. The first-order valence-corrected chi connectivity index (χ1v) is 7.76. The number of nitrogens with one attached hydrogen (secondary N) is 1. The molecule has 1 aliphatic rings. The number of hydrogen-bond acceptors (Lipinski definition) is 3. The number of aryl methyl sites for hydroxylation is 2. The molecule has 1 aliphatic carbocycles. The van der Waals surface area contributed by atoms with Gasteiger partial charge in [-0.1, -0.05) is 25.3 Å². The van der Waals surface area contributed by atoms with E-state index in [-0.39, 0.29) is 0 Å². The number of aliphatic hydroxyl groups is 1. The molecular weight excluding hydrogens is 250 g/mol. The number of aliphatic hydroxyl groups excluding tert-OH is 1. The minimum absolute atomic E-state index is 0.350. The topological polar surface area (TPSA) is 41.5 Å². The van der Waals surface area contributed by atoms with Gasteiger partial charge in [0.15, 0.2) is 0 Å². The zero-order valence-corrected chi connectivity index (χ0v) is 12.7. The van der Waals surface area contributed by atoms with Gasteiger partial charge in [0.05, 0.1) is 0 Å². The largest absolute Gasteiger partial charge is 0.491 e. The zero-order valence-electron chi connectivity index (χ0n) is 12.7. The lowest BCUT2D eigenvalue weighted by molar-refractivity contribution is 0.102. The molecule has 1 unspecified atom stereocenters. The van der Waals surface area contributed by atoms with Crippen molar-refractivity contribution in [2.24, 2.45) is 0 Å². The van der Waals surface area contributed by atoms with Gasteiger partial charge >= 0.3 is 0 Å². The number of benzene rings is 1. The summed E-state index contributed by atoms with van der Waals surface area (Å²) < 4.78 is 5.68. The van der Waals surface area contributed by atoms with Gasteiger partial charge in [-0.05, 0) is 49.9 Å². The van der Waals surface area contributed by atoms with Crippen molar-refractivity contribution in [3.05, 3.63) is 29.3 Å². The van der Waals surface area contributed by atoms with Gasteiger partial charge in [0.1, 0.15) is 18.5 Å². The lowest BCUT2D eigenvalue weighted by Crippen LogP contribution is -2.38. The second-order valence-corrected chi connectivity index (χ2v) is 6.03. The molecule has 112 valence electrons. The van der Waals surface area contributed by atoms with Crippen LogP contribution in [-0.4, -0.2) is 30.4 Å². The van der Waals surface area contributed by atoms with E-state index in [0.29, 0.717) is 19.2 Å². The molecule has 1 aromatic rings. The number of rotatable bonds is 6. The molecule has 1 atom stereocenters. The Labute approximate surface area is 122 Å². The fraction of sp³-hybridized carbons (Fsp3) is 0.647. The van der Waals surface area contributed by atoms with Crippen LogP contribution in [0, 0.1) is 13.8 Å². The van der Waals surface area contributed by atoms with E-state index >= 15 is 0 Å². The van der Waals surface area contributed by atoms with Gasteiger partial charge in [0.25, 0.3) is 0 Å². The molecule has 20 heavy (non-hydrogen) atoms. The van der Waals surface area contributed by atoms with E-state index in [4.69, 9.17) is 4.74 Å². The van der Waals surface area contributed by atoms with Gasteiger partial charge in [-0.2, -0.15) is 0 Å². The minimum Gasteiger partial charge on any atom is -0.491 e. The molecule has 0 bridgehead atoms. The highest BCUT2D eigenvalue weighted by Crippen LogP contribution is 2.18. The molecule has 3 nitrogen and oxygen atoms in total. The molecule has 0 radical (unpaired) electrons. The van der Waals surface area contributed by atoms with Crippen LogP contribution in [0.1, 0.15) is 43.2 Å². The van der Waals surface area contributed by atoms with Crippen LogP contribution >= 0.6 is 0 Å². The fourth-order valence-electron chi connectivity index (χ4n) is 2.88. The van der Waals surface area contributed by atoms with Crippen molar-refractivity contribution in [3.8, 4) is 5.75 Å². The van der Waals surface area contributed by atoms with E-state index in [1.165, 1.54) is 43.2 Å². The predicted molar refractivity (Wildman–Crippen MR) is 82.3 cm³/mol. The van der Waals surface area contributed by atoms with Crippen molar-refractivity contribution < 1.29 is 9.84 Å². The Morgan fingerprint density at radius 1 is 1.15 bits per heavy atom. The highest BCUT2D eigenvalue weighted by Gasteiger charge is 2.14. The van der Waals surface area contributed by atoms with Crippen LogP contribution in [0.5, 0.6) is 5.75 Å². The van der Waals surface area contributed by atoms with Crippen molar-refractivity contribution in [2.75, 3.05) is 13.2 Å². The summed E-state index contributed by atoms with van der Waals surface area (Å²) >= 11 is 0. The van der Waals surface area contributed by atoms with Gasteiger partial charge in [0.2, 0.25) is 0 Å². The van der Waals surface area contributed by atoms with E-state index in [9.17, 15) is 5.11 Å². The van der Waals surface area contributed by atoms with Crippen LogP contribution in [0.4, 0.5) is 0 Å². The first-order chi connectivity index (χ1) is 9.63. The smallest absolute Gasteiger partial charge is 0.119 e. The maximum Gasteiger partial charge on any atom is 0.119 e. The third-order valence-corrected chi connectivity index (χ3v) is 3.88. The minimum atomic E-state index is -0.447. The monoisotopic (exact) mass is 277 g/mol. The Morgan fingerprint density at radius 2 is 1.80 bits per heavy atom. The third-order valence-electron chi connectivity index (χ3n) is 3.88. The maximum atomic E-state index is 9.99. The van der Waals surface area contributed by atoms with E-state index in [2.05, 4.69) is 25.2 Å². The highest BCUT2D eigenvalue weighted by molar-refractivity contribution is 5.32. The van der Waals surface area contributed by atoms with Gasteiger partial charge in [-0.25, -0.2) is 0 Å². The molecule has 1 saturated carbocycles. The van der Waals surface area contributed by atoms with Gasteiger partial charge in [-0.15, -0.1) is 0 Å². The van der Waals surface area contributed by atoms with Crippen molar-refractivity contribution in [2.45, 2.75) is 58.1 Å². The molecule has 0 saturated heterocycles. The van der Waals surface area contributed by atoms with Crippen LogP contribution in [0.3, 0.4) is 0 Å². The van der Waals surface area contributed by atoms with Crippen LogP contribution in [0.15, 0.2) is 18.2 Å². The van der Waals surface area contributed by atoms with Crippen LogP contribution < -0.4 is 10.1 Å². The van der Waals surface area contributed by atoms with Crippen molar-refractivity contribution >= 4 is 0 Å². The van der Waals surface area contributed by atoms with Gasteiger partial charge in [0, 0.05) is 12.6 Å². The summed E-state index contributed by atoms with van der Waals surface area (Å²) in [6, 6.07) is 6.72. The number of ether oxygens (including phenoxy) is 1. The summed E-state index contributed by atoms with van der Waals surface area (Å²) in [6.45, 7) is 5.08. The Morgan fingerprint density at radius 3 is 2.45 bits per heavy atom. The maximum absolute atomic E-state index is 9.99. The molecule has 2 N–H and O–H groups in total. The van der Waals surface area contributed by atoms with E-state index in [0.717, 1.165) is 5.75 Å². The summed E-state index contributed by atoms with van der Waals surface area (Å²) in [7, 11) is 0. The van der Waals surface area contributed by atoms with Crippen LogP contribution in [0.25, 0.3) is 0 Å². The molecule has 2 rings (SSSR count). The van der Waals surface area contributed by atoms with Gasteiger partial charge in [-0.3, -0.25) is 0 Å². The lowest BCUT2D eigenvalue weighted by Gasteiger charge is -2.24. The number of hydrogen-bond donors (Lipinski definition) is 2. The fourth-order valence-corrected chi connectivity index (χ4v) is 2.88. The molecule has 3 heteroatoms. The Kier molecular flexibility index (Phi) is 5.86. The molecule has 1 aromatic carbocycles. The lowest BCUT2D eigenvalue weighted by atomic mass is 9.95. The molecule has 0 spiro atoms. The standard InChI is InChI=1S/C17H27NO2/c1-13-8-14(2)10-17(9-13)20-12-16(19)11-18-15-6-4-3-5-7-15/h8-10,15-16,18-19H,3-7,11-12H2,1-2H3. The van der Waals surface area contributed by atoms with E-state index in [1.807, 2.05) is 12.1 Å². The summed E-state index contributed by atoms with van der Waals surface area (Å²) in [5.41, 5.74) is 2.38. The first-order valence-electron chi connectivity index (χ1n) is 7.76. The third kappa shape index (κ3) is 5.14. The highest BCUT2D eigenvalue weighted by atomic mass is 16.5. The Hall–Kier alpha value is -1.06. The van der Waals surface area contributed by atoms with Crippen molar-refractivity contribution in [3.63, 3.8) is 0 Å². The quantitative estimate of drug-likeness (QED) is 0.840. The van der Waals surface area contributed by atoms with Crippen LogP contribution in [-0.2, 0) is 0 Å². The SMILES string of the molecule is Cc1cc(C)cc(OCC(O)CNC2CCCCC2)c1.